The Balaban J connectivity index is 1.53. The first-order valence-electron chi connectivity index (χ1n) is 8.39. The van der Waals surface area contributed by atoms with Gasteiger partial charge in [-0.3, -0.25) is 9.59 Å². The number of carbonyl (C=O) groups is 2. The van der Waals surface area contributed by atoms with Gasteiger partial charge in [0.25, 0.3) is 5.91 Å². The second kappa shape index (κ2) is 8.51. The summed E-state index contributed by atoms with van der Waals surface area (Å²) < 4.78 is 1.76. The lowest BCUT2D eigenvalue weighted by molar-refractivity contribution is -0.129. The molecule has 0 aliphatic rings. The third-order valence-electron chi connectivity index (χ3n) is 4.01. The minimum absolute atomic E-state index is 0.0786. The maximum absolute atomic E-state index is 12.3. The first-order chi connectivity index (χ1) is 13.0. The van der Waals surface area contributed by atoms with Crippen molar-refractivity contribution in [2.45, 2.75) is 6.54 Å². The van der Waals surface area contributed by atoms with Gasteiger partial charge in [-0.1, -0.05) is 29.8 Å². The van der Waals surface area contributed by atoms with Crippen LogP contribution < -0.4 is 5.32 Å². The van der Waals surface area contributed by atoms with Crippen LogP contribution in [0, 0.1) is 0 Å². The average molecular weight is 383 g/mol. The van der Waals surface area contributed by atoms with E-state index in [-0.39, 0.29) is 18.4 Å². The number of hydrogen-bond donors (Lipinski definition) is 1. The number of carbonyl (C=O) groups excluding carboxylic acids is 2. The van der Waals surface area contributed by atoms with E-state index in [1.807, 2.05) is 36.5 Å². The molecule has 138 valence electrons. The van der Waals surface area contributed by atoms with Gasteiger partial charge in [0.2, 0.25) is 5.91 Å². The van der Waals surface area contributed by atoms with Crippen LogP contribution in [-0.2, 0) is 11.3 Å². The highest BCUT2D eigenvalue weighted by molar-refractivity contribution is 6.30. The van der Waals surface area contributed by atoms with Crippen molar-refractivity contribution < 1.29 is 9.59 Å². The molecule has 0 atom stereocenters. The van der Waals surface area contributed by atoms with Gasteiger partial charge >= 0.3 is 0 Å². The van der Waals surface area contributed by atoms with Crippen LogP contribution in [0.15, 0.2) is 67.0 Å². The molecule has 1 aromatic heterocycles. The van der Waals surface area contributed by atoms with Gasteiger partial charge in [-0.2, -0.15) is 5.10 Å². The summed E-state index contributed by atoms with van der Waals surface area (Å²) in [6.07, 6.45) is 3.61. The van der Waals surface area contributed by atoms with Crippen LogP contribution in [0.4, 0.5) is 0 Å². The van der Waals surface area contributed by atoms with E-state index in [1.165, 1.54) is 0 Å². The summed E-state index contributed by atoms with van der Waals surface area (Å²) in [7, 11) is 1.69. The van der Waals surface area contributed by atoms with E-state index >= 15 is 0 Å². The van der Waals surface area contributed by atoms with Crippen LogP contribution >= 0.6 is 11.6 Å². The summed E-state index contributed by atoms with van der Waals surface area (Å²) in [5.74, 6) is -0.505. The van der Waals surface area contributed by atoms with Gasteiger partial charge in [-0.15, -0.1) is 0 Å². The van der Waals surface area contributed by atoms with E-state index in [9.17, 15) is 9.59 Å². The zero-order valence-corrected chi connectivity index (χ0v) is 15.6. The Kier molecular flexibility index (Phi) is 5.88. The predicted octanol–water partition coefficient (Wildman–Crippen LogP) is 2.91. The predicted molar refractivity (Wildman–Crippen MR) is 104 cm³/mol. The number of aromatic nitrogens is 2. The summed E-state index contributed by atoms with van der Waals surface area (Å²) in [4.78, 5) is 25.9. The molecular weight excluding hydrogens is 364 g/mol. The highest BCUT2D eigenvalue weighted by Crippen LogP contribution is 2.10. The molecule has 0 spiro atoms. The SMILES string of the molecule is CN(Cc1cnn(-c2ccccc2)c1)C(=O)CNC(=O)c1ccc(Cl)cc1. The lowest BCUT2D eigenvalue weighted by atomic mass is 10.2. The van der Waals surface area contributed by atoms with Crippen molar-refractivity contribution in [3.05, 3.63) is 83.1 Å². The third-order valence-corrected chi connectivity index (χ3v) is 4.26. The molecule has 1 heterocycles. The molecule has 2 aromatic carbocycles. The molecular formula is C20H19ClN4O2. The van der Waals surface area contributed by atoms with Gasteiger partial charge in [0.05, 0.1) is 18.4 Å². The number of nitrogens with one attached hydrogen (secondary N) is 1. The molecule has 0 unspecified atom stereocenters. The van der Waals surface area contributed by atoms with E-state index < -0.39 is 0 Å². The molecule has 0 radical (unpaired) electrons. The standard InChI is InChI=1S/C20H19ClN4O2/c1-24(13-15-11-23-25(14-15)18-5-3-2-4-6-18)19(26)12-22-20(27)16-7-9-17(21)10-8-16/h2-11,14H,12-13H2,1H3,(H,22,27). The number of nitrogens with zero attached hydrogens (tertiary/aromatic N) is 3. The normalized spacial score (nSPS) is 10.4. The summed E-state index contributed by atoms with van der Waals surface area (Å²) in [6.45, 7) is 0.327. The van der Waals surface area contributed by atoms with Crippen molar-refractivity contribution in [2.75, 3.05) is 13.6 Å². The summed E-state index contributed by atoms with van der Waals surface area (Å²) >= 11 is 5.80. The summed E-state index contributed by atoms with van der Waals surface area (Å²) in [5, 5.41) is 7.49. The number of amides is 2. The summed E-state index contributed by atoms with van der Waals surface area (Å²) in [6, 6.07) is 16.2. The Morgan fingerprint density at radius 1 is 1.11 bits per heavy atom. The summed E-state index contributed by atoms with van der Waals surface area (Å²) in [5.41, 5.74) is 2.31. The van der Waals surface area contributed by atoms with Gasteiger partial charge in [0, 0.05) is 35.9 Å². The van der Waals surface area contributed by atoms with Crippen molar-refractivity contribution in [3.8, 4) is 5.69 Å². The molecule has 27 heavy (non-hydrogen) atoms. The second-order valence-corrected chi connectivity index (χ2v) is 6.50. The van der Waals surface area contributed by atoms with Crippen LogP contribution in [0.2, 0.25) is 5.02 Å². The van der Waals surface area contributed by atoms with Crippen molar-refractivity contribution in [1.29, 1.82) is 0 Å². The molecule has 7 heteroatoms. The number of para-hydroxylation sites is 1. The maximum Gasteiger partial charge on any atom is 0.251 e. The fourth-order valence-electron chi connectivity index (χ4n) is 2.52. The van der Waals surface area contributed by atoms with E-state index in [0.29, 0.717) is 17.1 Å². The smallest absolute Gasteiger partial charge is 0.251 e. The molecule has 3 rings (SSSR count). The fourth-order valence-corrected chi connectivity index (χ4v) is 2.65. The molecule has 0 fully saturated rings. The second-order valence-electron chi connectivity index (χ2n) is 6.07. The molecule has 6 nitrogen and oxygen atoms in total. The minimum Gasteiger partial charge on any atom is -0.343 e. The number of likely N-dealkylation sites (N-methyl/N-ethyl adjacent to an activating group) is 1. The maximum atomic E-state index is 12.3. The van der Waals surface area contributed by atoms with E-state index in [0.717, 1.165) is 11.3 Å². The van der Waals surface area contributed by atoms with E-state index in [4.69, 9.17) is 11.6 Å². The number of halogens is 1. The molecule has 2 amide bonds. The highest BCUT2D eigenvalue weighted by Gasteiger charge is 2.13. The Bertz CT molecular complexity index is 923. The first kappa shape index (κ1) is 18.7. The Hall–Kier alpha value is -3.12. The third kappa shape index (κ3) is 4.95. The monoisotopic (exact) mass is 382 g/mol. The number of rotatable bonds is 6. The lowest BCUT2D eigenvalue weighted by Crippen LogP contribution is -2.37. The van der Waals surface area contributed by atoms with Gasteiger partial charge in [-0.05, 0) is 36.4 Å². The van der Waals surface area contributed by atoms with Gasteiger partial charge in [-0.25, -0.2) is 4.68 Å². The van der Waals surface area contributed by atoms with Gasteiger partial charge in [0.1, 0.15) is 0 Å². The van der Waals surface area contributed by atoms with E-state index in [1.54, 1.807) is 47.1 Å². The molecule has 0 aliphatic carbocycles. The van der Waals surface area contributed by atoms with Crippen molar-refractivity contribution >= 4 is 23.4 Å². The Morgan fingerprint density at radius 3 is 2.52 bits per heavy atom. The average Bonchev–Trinajstić information content (AvgIpc) is 3.15. The van der Waals surface area contributed by atoms with Crippen molar-refractivity contribution in [3.63, 3.8) is 0 Å². The quantitative estimate of drug-likeness (QED) is 0.712. The Morgan fingerprint density at radius 2 is 1.81 bits per heavy atom. The topological polar surface area (TPSA) is 67.2 Å². The van der Waals surface area contributed by atoms with Crippen molar-refractivity contribution in [2.24, 2.45) is 0 Å². The molecule has 0 aliphatic heterocycles. The van der Waals surface area contributed by atoms with Crippen LogP contribution in [0.3, 0.4) is 0 Å². The molecule has 0 saturated heterocycles. The minimum atomic E-state index is -0.315. The van der Waals surface area contributed by atoms with Crippen LogP contribution in [0.25, 0.3) is 5.69 Å². The zero-order chi connectivity index (χ0) is 19.2. The zero-order valence-electron chi connectivity index (χ0n) is 14.8. The molecule has 0 bridgehead atoms. The lowest BCUT2D eigenvalue weighted by Gasteiger charge is -2.16. The molecule has 1 N–H and O–H groups in total. The largest absolute Gasteiger partial charge is 0.343 e. The fraction of sp³-hybridized carbons (Fsp3) is 0.150. The molecule has 0 saturated carbocycles. The van der Waals surface area contributed by atoms with Crippen molar-refractivity contribution in [1.82, 2.24) is 20.0 Å². The van der Waals surface area contributed by atoms with Crippen LogP contribution in [0.5, 0.6) is 0 Å². The number of benzene rings is 2. The Labute approximate surface area is 162 Å². The first-order valence-corrected chi connectivity index (χ1v) is 8.77. The van der Waals surface area contributed by atoms with Gasteiger partial charge in [0.15, 0.2) is 0 Å². The molecule has 3 aromatic rings. The van der Waals surface area contributed by atoms with Gasteiger partial charge < -0.3 is 10.2 Å². The van der Waals surface area contributed by atoms with E-state index in [2.05, 4.69) is 10.4 Å². The number of hydrogen-bond acceptors (Lipinski definition) is 3. The highest BCUT2D eigenvalue weighted by atomic mass is 35.5. The van der Waals surface area contributed by atoms with Crippen LogP contribution in [-0.4, -0.2) is 40.1 Å². The van der Waals surface area contributed by atoms with Crippen LogP contribution in [0.1, 0.15) is 15.9 Å².